The van der Waals surface area contributed by atoms with Gasteiger partial charge in [0.05, 0.1) is 14.2 Å². The molecule has 1 aromatic rings. The standard InChI is InChI=1S/C19H25NO3S/c1-4-10-23-18-16(21-2)12-15(19(20)24)14(17(18)22-3)11-13-8-6-5-7-9-13/h1,12-13H,5-11H2,2-3H3,(H2,20,24). The van der Waals surface area contributed by atoms with Crippen LogP contribution in [0.1, 0.15) is 43.2 Å². The predicted molar refractivity (Wildman–Crippen MR) is 100 cm³/mol. The van der Waals surface area contributed by atoms with Crippen molar-refractivity contribution in [2.24, 2.45) is 11.7 Å². The Morgan fingerprint density at radius 3 is 2.50 bits per heavy atom. The highest BCUT2D eigenvalue weighted by Crippen LogP contribution is 2.44. The molecule has 1 aliphatic rings. The van der Waals surface area contributed by atoms with E-state index in [0.29, 0.717) is 28.2 Å². The summed E-state index contributed by atoms with van der Waals surface area (Å²) in [5.41, 5.74) is 7.74. The van der Waals surface area contributed by atoms with Crippen molar-refractivity contribution in [1.82, 2.24) is 0 Å². The maximum Gasteiger partial charge on any atom is 0.204 e. The number of hydrogen-bond donors (Lipinski definition) is 1. The SMILES string of the molecule is C#CCOc1c(OC)cc(C(N)=S)c(CC2CCCCC2)c1OC. The van der Waals surface area contributed by atoms with Crippen LogP contribution in [0, 0.1) is 18.3 Å². The highest BCUT2D eigenvalue weighted by atomic mass is 32.1. The fourth-order valence-corrected chi connectivity index (χ4v) is 3.56. The lowest BCUT2D eigenvalue weighted by Gasteiger charge is -2.25. The number of ether oxygens (including phenoxy) is 3. The quantitative estimate of drug-likeness (QED) is 0.604. The van der Waals surface area contributed by atoms with Gasteiger partial charge in [-0.3, -0.25) is 0 Å². The van der Waals surface area contributed by atoms with Crippen LogP contribution in [-0.4, -0.2) is 25.8 Å². The Kier molecular flexibility index (Phi) is 6.74. The van der Waals surface area contributed by atoms with Gasteiger partial charge >= 0.3 is 0 Å². The van der Waals surface area contributed by atoms with Crippen LogP contribution >= 0.6 is 12.2 Å². The summed E-state index contributed by atoms with van der Waals surface area (Å²) in [6, 6.07) is 1.83. The van der Waals surface area contributed by atoms with Crippen LogP contribution in [-0.2, 0) is 6.42 Å². The molecule has 0 bridgehead atoms. The molecule has 0 atom stereocenters. The van der Waals surface area contributed by atoms with Crippen molar-refractivity contribution in [3.63, 3.8) is 0 Å². The van der Waals surface area contributed by atoms with E-state index in [0.717, 1.165) is 17.5 Å². The molecule has 5 heteroatoms. The van der Waals surface area contributed by atoms with E-state index in [2.05, 4.69) is 5.92 Å². The van der Waals surface area contributed by atoms with Crippen molar-refractivity contribution in [3.8, 4) is 29.6 Å². The molecule has 4 nitrogen and oxygen atoms in total. The lowest BCUT2D eigenvalue weighted by molar-refractivity contribution is 0.298. The summed E-state index contributed by atoms with van der Waals surface area (Å²) in [5.74, 6) is 4.75. The third-order valence-electron chi connectivity index (χ3n) is 4.51. The fraction of sp³-hybridized carbons (Fsp3) is 0.526. The first-order valence-corrected chi connectivity index (χ1v) is 8.67. The average Bonchev–Trinajstić information content (AvgIpc) is 2.60. The Labute approximate surface area is 149 Å². The normalized spacial score (nSPS) is 14.7. The number of nitrogens with two attached hydrogens (primary N) is 1. The van der Waals surface area contributed by atoms with Gasteiger partial charge in [-0.05, 0) is 18.4 Å². The van der Waals surface area contributed by atoms with Gasteiger partial charge in [-0.25, -0.2) is 0 Å². The summed E-state index contributed by atoms with van der Waals surface area (Å²) in [4.78, 5) is 0.334. The Balaban J connectivity index is 2.50. The van der Waals surface area contributed by atoms with Crippen LogP contribution in [0.4, 0.5) is 0 Å². The molecule has 0 spiro atoms. The minimum Gasteiger partial charge on any atom is -0.493 e. The molecule has 1 aliphatic carbocycles. The summed E-state index contributed by atoms with van der Waals surface area (Å²) >= 11 is 5.26. The lowest BCUT2D eigenvalue weighted by atomic mass is 9.83. The van der Waals surface area contributed by atoms with E-state index < -0.39 is 0 Å². The average molecular weight is 347 g/mol. The highest BCUT2D eigenvalue weighted by molar-refractivity contribution is 7.80. The largest absolute Gasteiger partial charge is 0.493 e. The molecule has 1 aromatic carbocycles. The number of hydrogen-bond acceptors (Lipinski definition) is 4. The molecule has 0 aliphatic heterocycles. The van der Waals surface area contributed by atoms with Crippen molar-refractivity contribution in [3.05, 3.63) is 17.2 Å². The first-order chi connectivity index (χ1) is 11.6. The molecular weight excluding hydrogens is 322 g/mol. The van der Waals surface area contributed by atoms with Gasteiger partial charge in [-0.2, -0.15) is 0 Å². The summed E-state index contributed by atoms with van der Waals surface area (Å²) in [6.45, 7) is 0.141. The van der Waals surface area contributed by atoms with E-state index in [1.807, 2.05) is 6.07 Å². The van der Waals surface area contributed by atoms with E-state index in [1.165, 1.54) is 32.1 Å². The van der Waals surface area contributed by atoms with Gasteiger partial charge in [-0.1, -0.05) is 50.2 Å². The smallest absolute Gasteiger partial charge is 0.204 e. The second kappa shape index (κ2) is 8.79. The fourth-order valence-electron chi connectivity index (χ4n) is 3.38. The Bertz CT molecular complexity index is 630. The first-order valence-electron chi connectivity index (χ1n) is 8.26. The maximum absolute atomic E-state index is 5.96. The molecular formula is C19H25NO3S. The van der Waals surface area contributed by atoms with Crippen LogP contribution in [0.3, 0.4) is 0 Å². The highest BCUT2D eigenvalue weighted by Gasteiger charge is 2.25. The van der Waals surface area contributed by atoms with Crippen LogP contribution in [0.2, 0.25) is 0 Å². The van der Waals surface area contributed by atoms with Crippen molar-refractivity contribution < 1.29 is 14.2 Å². The number of terminal acetylenes is 1. The molecule has 0 aromatic heterocycles. The van der Waals surface area contributed by atoms with E-state index in [9.17, 15) is 0 Å². The Hall–Kier alpha value is -1.93. The van der Waals surface area contributed by atoms with E-state index in [4.69, 9.17) is 38.6 Å². The third kappa shape index (κ3) is 4.12. The second-order valence-corrected chi connectivity index (χ2v) is 6.47. The minimum atomic E-state index is 0.141. The molecule has 24 heavy (non-hydrogen) atoms. The monoisotopic (exact) mass is 347 g/mol. The van der Waals surface area contributed by atoms with Gasteiger partial charge in [0.15, 0.2) is 11.5 Å². The number of methoxy groups -OCH3 is 2. The van der Waals surface area contributed by atoms with Crippen LogP contribution in [0.15, 0.2) is 6.07 Å². The van der Waals surface area contributed by atoms with Gasteiger partial charge in [-0.15, -0.1) is 6.42 Å². The van der Waals surface area contributed by atoms with Crippen molar-refractivity contribution in [2.45, 2.75) is 38.5 Å². The number of benzene rings is 1. The van der Waals surface area contributed by atoms with Crippen LogP contribution in [0.5, 0.6) is 17.2 Å². The molecule has 0 saturated heterocycles. The van der Waals surface area contributed by atoms with Crippen LogP contribution < -0.4 is 19.9 Å². The van der Waals surface area contributed by atoms with E-state index >= 15 is 0 Å². The molecule has 130 valence electrons. The van der Waals surface area contributed by atoms with E-state index in [-0.39, 0.29) is 6.61 Å². The summed E-state index contributed by atoms with van der Waals surface area (Å²) in [7, 11) is 3.19. The van der Waals surface area contributed by atoms with Crippen LogP contribution in [0.25, 0.3) is 0 Å². The van der Waals surface area contributed by atoms with Crippen molar-refractivity contribution >= 4 is 17.2 Å². The number of thiocarbonyl (C=S) groups is 1. The zero-order valence-electron chi connectivity index (χ0n) is 14.4. The van der Waals surface area contributed by atoms with Gasteiger partial charge < -0.3 is 19.9 Å². The molecule has 1 fully saturated rings. The Morgan fingerprint density at radius 2 is 1.96 bits per heavy atom. The van der Waals surface area contributed by atoms with E-state index in [1.54, 1.807) is 14.2 Å². The van der Waals surface area contributed by atoms with Crippen molar-refractivity contribution in [1.29, 1.82) is 0 Å². The molecule has 1 saturated carbocycles. The molecule has 0 radical (unpaired) electrons. The van der Waals surface area contributed by atoms with Gasteiger partial charge in [0.25, 0.3) is 0 Å². The summed E-state index contributed by atoms with van der Waals surface area (Å²) in [6.07, 6.45) is 12.5. The maximum atomic E-state index is 5.96. The van der Waals surface area contributed by atoms with Gasteiger partial charge in [0, 0.05) is 11.1 Å². The molecule has 2 rings (SSSR count). The molecule has 0 heterocycles. The van der Waals surface area contributed by atoms with Gasteiger partial charge in [0.2, 0.25) is 5.75 Å². The van der Waals surface area contributed by atoms with Crippen molar-refractivity contribution in [2.75, 3.05) is 20.8 Å². The predicted octanol–water partition coefficient (Wildman–Crippen LogP) is 3.47. The summed E-state index contributed by atoms with van der Waals surface area (Å²) < 4.78 is 16.8. The second-order valence-electron chi connectivity index (χ2n) is 6.03. The van der Waals surface area contributed by atoms with Gasteiger partial charge in [0.1, 0.15) is 11.6 Å². The zero-order chi connectivity index (χ0) is 17.5. The Morgan fingerprint density at radius 1 is 1.25 bits per heavy atom. The zero-order valence-corrected chi connectivity index (χ0v) is 15.2. The molecule has 0 amide bonds. The first kappa shape index (κ1) is 18.4. The lowest BCUT2D eigenvalue weighted by Crippen LogP contribution is -2.18. The molecule has 2 N–H and O–H groups in total. The topological polar surface area (TPSA) is 53.7 Å². The molecule has 0 unspecified atom stereocenters. The third-order valence-corrected chi connectivity index (χ3v) is 4.73. The number of rotatable bonds is 7. The summed E-state index contributed by atoms with van der Waals surface area (Å²) in [5, 5.41) is 0. The minimum absolute atomic E-state index is 0.141.